The highest BCUT2D eigenvalue weighted by Crippen LogP contribution is 2.20. The maximum Gasteiger partial charge on any atom is 0.227 e. The first-order valence-electron chi connectivity index (χ1n) is 6.87. The van der Waals surface area contributed by atoms with Gasteiger partial charge in [-0.3, -0.25) is 4.79 Å². The van der Waals surface area contributed by atoms with Gasteiger partial charge in [0.25, 0.3) is 0 Å². The van der Waals surface area contributed by atoms with E-state index < -0.39 is 0 Å². The van der Waals surface area contributed by atoms with Crippen LogP contribution in [0.3, 0.4) is 0 Å². The van der Waals surface area contributed by atoms with Crippen LogP contribution in [0.1, 0.15) is 31.7 Å². The highest BCUT2D eigenvalue weighted by atomic mass is 127. The molecule has 2 N–H and O–H groups in total. The quantitative estimate of drug-likeness (QED) is 0.782. The number of halogens is 2. The van der Waals surface area contributed by atoms with Crippen LogP contribution in [-0.2, 0) is 11.2 Å². The molecule has 1 aliphatic heterocycles. The van der Waals surface area contributed by atoms with Gasteiger partial charge in [-0.15, -0.1) is 12.4 Å². The number of benzene rings is 1. The van der Waals surface area contributed by atoms with Crippen LogP contribution < -0.4 is 5.73 Å². The van der Waals surface area contributed by atoms with E-state index in [-0.39, 0.29) is 30.4 Å². The Kier molecular flexibility index (Phi) is 7.26. The molecule has 1 aromatic rings. The summed E-state index contributed by atoms with van der Waals surface area (Å²) >= 11 is 2.28. The number of carbonyl (C=O) groups is 1. The lowest BCUT2D eigenvalue weighted by atomic mass is 9.96. The number of hydrogen-bond donors (Lipinski definition) is 1. The number of nitrogens with two attached hydrogens (primary N) is 1. The van der Waals surface area contributed by atoms with Gasteiger partial charge in [0.05, 0.1) is 6.42 Å². The van der Waals surface area contributed by atoms with Gasteiger partial charge in [0, 0.05) is 22.2 Å². The first kappa shape index (κ1) is 17.7. The Morgan fingerprint density at radius 1 is 1.50 bits per heavy atom. The molecule has 0 spiro atoms. The van der Waals surface area contributed by atoms with Crippen molar-refractivity contribution in [2.45, 2.75) is 44.7 Å². The van der Waals surface area contributed by atoms with E-state index in [1.165, 1.54) is 9.99 Å². The molecule has 1 amide bonds. The number of likely N-dealkylation sites (tertiary alicyclic amines) is 1. The summed E-state index contributed by atoms with van der Waals surface area (Å²) in [4.78, 5) is 14.5. The molecule has 1 aromatic carbocycles. The van der Waals surface area contributed by atoms with Crippen molar-refractivity contribution in [3.8, 4) is 0 Å². The minimum atomic E-state index is 0. The third-order valence-electron chi connectivity index (χ3n) is 3.72. The van der Waals surface area contributed by atoms with Crippen molar-refractivity contribution < 1.29 is 4.79 Å². The molecule has 3 nitrogen and oxygen atoms in total. The summed E-state index contributed by atoms with van der Waals surface area (Å²) in [7, 11) is 0. The number of carbonyl (C=O) groups excluding carboxylic acids is 1. The third-order valence-corrected chi connectivity index (χ3v) is 4.39. The Labute approximate surface area is 140 Å². The van der Waals surface area contributed by atoms with Gasteiger partial charge >= 0.3 is 0 Å². The lowest BCUT2D eigenvalue weighted by Gasteiger charge is -2.38. The zero-order valence-corrected chi connectivity index (χ0v) is 14.7. The van der Waals surface area contributed by atoms with Crippen molar-refractivity contribution in [1.82, 2.24) is 4.90 Å². The number of nitrogens with zero attached hydrogens (tertiary/aromatic N) is 1. The fourth-order valence-corrected chi connectivity index (χ4v) is 3.34. The van der Waals surface area contributed by atoms with Crippen molar-refractivity contribution in [1.29, 1.82) is 0 Å². The van der Waals surface area contributed by atoms with Crippen molar-refractivity contribution in [3.63, 3.8) is 0 Å². The van der Waals surface area contributed by atoms with Crippen LogP contribution >= 0.6 is 35.0 Å². The van der Waals surface area contributed by atoms with E-state index in [0.29, 0.717) is 6.42 Å². The predicted molar refractivity (Wildman–Crippen MR) is 93.1 cm³/mol. The van der Waals surface area contributed by atoms with Gasteiger partial charge in [-0.1, -0.05) is 12.1 Å². The maximum absolute atomic E-state index is 12.5. The van der Waals surface area contributed by atoms with Gasteiger partial charge < -0.3 is 10.6 Å². The molecule has 0 radical (unpaired) electrons. The molecule has 1 aliphatic rings. The summed E-state index contributed by atoms with van der Waals surface area (Å²) in [6.07, 6.45) is 3.80. The molecule has 0 aliphatic carbocycles. The van der Waals surface area contributed by atoms with Crippen LogP contribution in [-0.4, -0.2) is 29.4 Å². The van der Waals surface area contributed by atoms with E-state index in [9.17, 15) is 4.79 Å². The average Bonchev–Trinajstić information content (AvgIpc) is 2.38. The lowest BCUT2D eigenvalue weighted by Crippen LogP contribution is -2.52. The van der Waals surface area contributed by atoms with Gasteiger partial charge in [-0.05, 0) is 66.5 Å². The predicted octanol–water partition coefficient (Wildman–Crippen LogP) is 2.98. The van der Waals surface area contributed by atoms with Crippen LogP contribution in [0.2, 0.25) is 0 Å². The SMILES string of the molecule is CC(N)C1CCCCN1C(=O)Cc1cccc(I)c1.Cl. The summed E-state index contributed by atoms with van der Waals surface area (Å²) in [5.41, 5.74) is 7.11. The molecule has 112 valence electrons. The largest absolute Gasteiger partial charge is 0.338 e. The molecule has 2 rings (SSSR count). The molecule has 2 unspecified atom stereocenters. The highest BCUT2D eigenvalue weighted by molar-refractivity contribution is 14.1. The van der Waals surface area contributed by atoms with E-state index in [1.54, 1.807) is 0 Å². The second-order valence-electron chi connectivity index (χ2n) is 5.32. The zero-order valence-electron chi connectivity index (χ0n) is 11.7. The molecule has 20 heavy (non-hydrogen) atoms. The molecule has 1 fully saturated rings. The van der Waals surface area contributed by atoms with Gasteiger partial charge in [0.2, 0.25) is 5.91 Å². The van der Waals surface area contributed by atoms with Crippen LogP contribution in [0.15, 0.2) is 24.3 Å². The van der Waals surface area contributed by atoms with Crippen molar-refractivity contribution in [2.75, 3.05) is 6.54 Å². The minimum Gasteiger partial charge on any atom is -0.338 e. The number of piperidine rings is 1. The van der Waals surface area contributed by atoms with Crippen LogP contribution in [0.4, 0.5) is 0 Å². The minimum absolute atomic E-state index is 0. The van der Waals surface area contributed by atoms with Crippen LogP contribution in [0.25, 0.3) is 0 Å². The Morgan fingerprint density at radius 2 is 2.25 bits per heavy atom. The van der Waals surface area contributed by atoms with Gasteiger partial charge in [0.1, 0.15) is 0 Å². The van der Waals surface area contributed by atoms with Gasteiger partial charge in [0.15, 0.2) is 0 Å². The topological polar surface area (TPSA) is 46.3 Å². The molecule has 2 atom stereocenters. The summed E-state index contributed by atoms with van der Waals surface area (Å²) in [5, 5.41) is 0. The first-order chi connectivity index (χ1) is 9.08. The Morgan fingerprint density at radius 3 is 2.90 bits per heavy atom. The molecule has 1 saturated heterocycles. The van der Waals surface area contributed by atoms with Crippen molar-refractivity contribution >= 4 is 40.9 Å². The fourth-order valence-electron chi connectivity index (χ4n) is 2.74. The molecule has 0 aromatic heterocycles. The smallest absolute Gasteiger partial charge is 0.227 e. The van der Waals surface area contributed by atoms with Crippen LogP contribution in [0.5, 0.6) is 0 Å². The van der Waals surface area contributed by atoms with E-state index in [0.717, 1.165) is 24.9 Å². The lowest BCUT2D eigenvalue weighted by molar-refractivity contribution is -0.134. The molecule has 0 bridgehead atoms. The molecule has 0 saturated carbocycles. The summed E-state index contributed by atoms with van der Waals surface area (Å²) < 4.78 is 1.17. The third kappa shape index (κ3) is 4.60. The van der Waals surface area contributed by atoms with E-state index >= 15 is 0 Å². The summed E-state index contributed by atoms with van der Waals surface area (Å²) in [6, 6.07) is 8.40. The molecule has 1 heterocycles. The zero-order chi connectivity index (χ0) is 13.8. The number of hydrogen-bond acceptors (Lipinski definition) is 2. The summed E-state index contributed by atoms with van der Waals surface area (Å²) in [6.45, 7) is 2.86. The highest BCUT2D eigenvalue weighted by Gasteiger charge is 2.28. The van der Waals surface area contributed by atoms with E-state index in [1.807, 2.05) is 30.0 Å². The van der Waals surface area contributed by atoms with Crippen molar-refractivity contribution in [2.24, 2.45) is 5.73 Å². The standard InChI is InChI=1S/C15H21IN2O.ClH/c1-11(17)14-7-2-3-8-18(14)15(19)10-12-5-4-6-13(16)9-12;/h4-6,9,11,14H,2-3,7-8,10,17H2,1H3;1H. The van der Waals surface area contributed by atoms with Crippen molar-refractivity contribution in [3.05, 3.63) is 33.4 Å². The molecular weight excluding hydrogens is 387 g/mol. The van der Waals surface area contributed by atoms with Gasteiger partial charge in [-0.2, -0.15) is 0 Å². The Bertz CT molecular complexity index is 453. The van der Waals surface area contributed by atoms with E-state index in [2.05, 4.69) is 28.7 Å². The monoisotopic (exact) mass is 408 g/mol. The summed E-state index contributed by atoms with van der Waals surface area (Å²) in [5.74, 6) is 0.212. The van der Waals surface area contributed by atoms with E-state index in [4.69, 9.17) is 5.73 Å². The molecule has 5 heteroatoms. The fraction of sp³-hybridized carbons (Fsp3) is 0.533. The first-order valence-corrected chi connectivity index (χ1v) is 7.95. The number of amides is 1. The Balaban J connectivity index is 0.00000200. The second-order valence-corrected chi connectivity index (χ2v) is 6.56. The van der Waals surface area contributed by atoms with Crippen LogP contribution in [0, 0.1) is 3.57 Å². The second kappa shape index (κ2) is 8.20. The number of rotatable bonds is 3. The molecular formula is C15H22ClIN2O. The normalized spacial score (nSPS) is 20.1. The Hall–Kier alpha value is -0.330. The maximum atomic E-state index is 12.5. The average molecular weight is 409 g/mol. The van der Waals surface area contributed by atoms with Gasteiger partial charge in [-0.25, -0.2) is 0 Å².